The van der Waals surface area contributed by atoms with Crippen molar-refractivity contribution in [3.8, 4) is 5.75 Å². The number of benzene rings is 2. The first-order chi connectivity index (χ1) is 16.8. The smallest absolute Gasteiger partial charge is 0.270 e. The predicted octanol–water partition coefficient (Wildman–Crippen LogP) is 7.77. The largest absolute Gasteiger partial charge is 0.507 e. The van der Waals surface area contributed by atoms with Gasteiger partial charge in [0.2, 0.25) is 0 Å². The Bertz CT molecular complexity index is 924. The van der Waals surface area contributed by atoms with Gasteiger partial charge in [-0.25, -0.2) is 0 Å². The molecular weight excluding hydrogens is 440 g/mol. The van der Waals surface area contributed by atoms with Gasteiger partial charge in [-0.2, -0.15) is 0 Å². The van der Waals surface area contributed by atoms with Gasteiger partial charge in [-0.3, -0.25) is 14.9 Å². The predicted molar refractivity (Wildman–Crippen MR) is 143 cm³/mol. The van der Waals surface area contributed by atoms with Crippen molar-refractivity contribution < 1.29 is 14.8 Å². The molecule has 192 valence electrons. The fourth-order valence-corrected chi connectivity index (χ4v) is 4.54. The number of hydrogen-bond donors (Lipinski definition) is 1. The lowest BCUT2D eigenvalue weighted by Crippen LogP contribution is -2.34. The van der Waals surface area contributed by atoms with Crippen LogP contribution in [0.15, 0.2) is 42.5 Å². The van der Waals surface area contributed by atoms with E-state index in [1.807, 2.05) is 12.1 Å². The van der Waals surface area contributed by atoms with Crippen LogP contribution in [-0.4, -0.2) is 28.9 Å². The molecule has 2 aromatic rings. The minimum atomic E-state index is -0.567. The molecule has 2 rings (SSSR count). The fraction of sp³-hybridized carbons (Fsp3) is 0.552. The van der Waals surface area contributed by atoms with Gasteiger partial charge in [-0.05, 0) is 55.0 Å². The molecule has 0 saturated carbocycles. The first-order valence-electron chi connectivity index (χ1n) is 13.2. The molecule has 0 radical (unpaired) electrons. The molecule has 2 unspecified atom stereocenters. The molecule has 1 N–H and O–H groups in total. The lowest BCUT2D eigenvalue weighted by Gasteiger charge is -2.32. The second-order valence-corrected chi connectivity index (χ2v) is 9.57. The highest BCUT2D eigenvalue weighted by atomic mass is 16.6. The molecule has 0 aliphatic carbocycles. The summed E-state index contributed by atoms with van der Waals surface area (Å²) >= 11 is 0. The molecule has 2 aromatic carbocycles. The molecule has 0 aromatic heterocycles. The van der Waals surface area contributed by atoms with E-state index in [-0.39, 0.29) is 17.0 Å². The summed E-state index contributed by atoms with van der Waals surface area (Å²) in [6, 6.07) is 11.0. The summed E-state index contributed by atoms with van der Waals surface area (Å²) in [6.45, 7) is 11.0. The van der Waals surface area contributed by atoms with Crippen molar-refractivity contribution >= 4 is 17.2 Å². The van der Waals surface area contributed by atoms with Gasteiger partial charge in [0.15, 0.2) is 5.78 Å². The zero-order valence-electron chi connectivity index (χ0n) is 21.8. The van der Waals surface area contributed by atoms with Crippen LogP contribution >= 0.6 is 0 Å². The Morgan fingerprint density at radius 1 is 0.914 bits per heavy atom. The number of hydrogen-bond acceptors (Lipinski definition) is 5. The average Bonchev–Trinajstić information content (AvgIpc) is 2.87. The minimum absolute atomic E-state index is 0.0555. The van der Waals surface area contributed by atoms with Crippen LogP contribution in [0, 0.1) is 22.0 Å². The SMILES string of the molecule is CCCCC(CC)CN(CC(CC)CCCC)c1ccc(C(=O)c2cc([N+](=O)[O-])ccc2O)cc1. The molecule has 0 fully saturated rings. The van der Waals surface area contributed by atoms with E-state index in [0.29, 0.717) is 17.4 Å². The van der Waals surface area contributed by atoms with E-state index in [9.17, 15) is 20.0 Å². The van der Waals surface area contributed by atoms with E-state index >= 15 is 0 Å². The highest BCUT2D eigenvalue weighted by Crippen LogP contribution is 2.28. The van der Waals surface area contributed by atoms with Crippen molar-refractivity contribution in [2.24, 2.45) is 11.8 Å². The first-order valence-corrected chi connectivity index (χ1v) is 13.2. The maximum atomic E-state index is 13.0. The summed E-state index contributed by atoms with van der Waals surface area (Å²) < 4.78 is 0. The van der Waals surface area contributed by atoms with Crippen molar-refractivity contribution in [3.63, 3.8) is 0 Å². The molecule has 35 heavy (non-hydrogen) atoms. The molecule has 2 atom stereocenters. The zero-order valence-corrected chi connectivity index (χ0v) is 21.8. The Morgan fingerprint density at radius 2 is 1.46 bits per heavy atom. The highest BCUT2D eigenvalue weighted by Gasteiger charge is 2.20. The summed E-state index contributed by atoms with van der Waals surface area (Å²) in [5.41, 5.74) is 1.22. The Morgan fingerprint density at radius 3 is 1.91 bits per heavy atom. The van der Waals surface area contributed by atoms with Crippen LogP contribution in [-0.2, 0) is 0 Å². The molecule has 6 heteroatoms. The number of carbonyl (C=O) groups is 1. The standard InChI is InChI=1S/C29H42N2O4/c1-5-9-11-22(7-3)20-30(21-23(8-4)12-10-6-2)25-15-13-24(14-16-25)29(33)27-19-26(31(34)35)17-18-28(27)32/h13-19,22-23,32H,5-12,20-21H2,1-4H3. The Kier molecular flexibility index (Phi) is 11.7. The van der Waals surface area contributed by atoms with Gasteiger partial charge in [0.05, 0.1) is 10.5 Å². The van der Waals surface area contributed by atoms with Crippen LogP contribution in [0.5, 0.6) is 5.75 Å². The molecule has 0 saturated heterocycles. The molecule has 0 aliphatic rings. The van der Waals surface area contributed by atoms with Gasteiger partial charge in [-0.1, -0.05) is 66.2 Å². The quantitative estimate of drug-likeness (QED) is 0.150. The zero-order chi connectivity index (χ0) is 25.8. The van der Waals surface area contributed by atoms with E-state index in [0.717, 1.165) is 37.7 Å². The number of phenolic OH excluding ortho intramolecular Hbond substituents is 1. The van der Waals surface area contributed by atoms with Gasteiger partial charge in [0.25, 0.3) is 5.69 Å². The van der Waals surface area contributed by atoms with E-state index in [1.165, 1.54) is 50.7 Å². The van der Waals surface area contributed by atoms with Gasteiger partial charge < -0.3 is 10.0 Å². The molecule has 0 aliphatic heterocycles. The third kappa shape index (κ3) is 8.37. The molecule has 0 heterocycles. The number of nitro benzene ring substituents is 1. The van der Waals surface area contributed by atoms with Crippen LogP contribution in [0.1, 0.15) is 95.0 Å². The lowest BCUT2D eigenvalue weighted by molar-refractivity contribution is -0.384. The Hall–Kier alpha value is -2.89. The maximum absolute atomic E-state index is 13.0. The number of carbonyl (C=O) groups excluding carboxylic acids is 1. The second kappa shape index (κ2) is 14.5. The van der Waals surface area contributed by atoms with Crippen molar-refractivity contribution in [2.45, 2.75) is 79.1 Å². The number of aromatic hydroxyl groups is 1. The number of non-ortho nitro benzene ring substituents is 1. The summed E-state index contributed by atoms with van der Waals surface area (Å²) in [7, 11) is 0. The first kappa shape index (κ1) is 28.3. The highest BCUT2D eigenvalue weighted by molar-refractivity contribution is 6.11. The monoisotopic (exact) mass is 482 g/mol. The number of unbranched alkanes of at least 4 members (excludes halogenated alkanes) is 2. The Labute approximate surface area is 210 Å². The number of nitrogens with zero attached hydrogens (tertiary/aromatic N) is 2. The normalized spacial score (nSPS) is 12.8. The number of phenols is 1. The second-order valence-electron chi connectivity index (χ2n) is 9.57. The number of anilines is 1. The minimum Gasteiger partial charge on any atom is -0.507 e. The van der Waals surface area contributed by atoms with Crippen LogP contribution in [0.25, 0.3) is 0 Å². The van der Waals surface area contributed by atoms with E-state index < -0.39 is 10.7 Å². The Balaban J connectivity index is 2.29. The van der Waals surface area contributed by atoms with E-state index in [2.05, 4.69) is 32.6 Å². The van der Waals surface area contributed by atoms with Crippen molar-refractivity contribution in [3.05, 3.63) is 63.7 Å². The third-order valence-corrected chi connectivity index (χ3v) is 6.97. The lowest BCUT2D eigenvalue weighted by atomic mass is 9.95. The van der Waals surface area contributed by atoms with E-state index in [4.69, 9.17) is 0 Å². The molecule has 6 nitrogen and oxygen atoms in total. The van der Waals surface area contributed by atoms with Crippen molar-refractivity contribution in [1.82, 2.24) is 0 Å². The van der Waals surface area contributed by atoms with Crippen LogP contribution in [0.2, 0.25) is 0 Å². The molecule has 0 amide bonds. The summed E-state index contributed by atoms with van der Waals surface area (Å²) in [5, 5.41) is 21.2. The van der Waals surface area contributed by atoms with Crippen molar-refractivity contribution in [1.29, 1.82) is 0 Å². The van der Waals surface area contributed by atoms with Crippen LogP contribution in [0.3, 0.4) is 0 Å². The molecule has 0 bridgehead atoms. The average molecular weight is 483 g/mol. The third-order valence-electron chi connectivity index (χ3n) is 6.97. The maximum Gasteiger partial charge on any atom is 0.270 e. The van der Waals surface area contributed by atoms with Crippen LogP contribution in [0.4, 0.5) is 11.4 Å². The van der Waals surface area contributed by atoms with Crippen molar-refractivity contribution in [2.75, 3.05) is 18.0 Å². The summed E-state index contributed by atoms with van der Waals surface area (Å²) in [5.74, 6) is 0.575. The topological polar surface area (TPSA) is 83.7 Å². The van der Waals surface area contributed by atoms with Gasteiger partial charge in [0, 0.05) is 36.5 Å². The number of nitro groups is 1. The van der Waals surface area contributed by atoms with E-state index in [1.54, 1.807) is 12.1 Å². The molecular formula is C29H42N2O4. The fourth-order valence-electron chi connectivity index (χ4n) is 4.54. The van der Waals surface area contributed by atoms with Gasteiger partial charge in [-0.15, -0.1) is 0 Å². The summed E-state index contributed by atoms with van der Waals surface area (Å²) in [6.07, 6.45) is 9.60. The number of rotatable bonds is 16. The summed E-state index contributed by atoms with van der Waals surface area (Å²) in [4.78, 5) is 26.0. The van der Waals surface area contributed by atoms with Gasteiger partial charge in [0.1, 0.15) is 5.75 Å². The van der Waals surface area contributed by atoms with Gasteiger partial charge >= 0.3 is 0 Å². The number of ketones is 1. The van der Waals surface area contributed by atoms with Crippen LogP contribution < -0.4 is 4.90 Å². The molecule has 0 spiro atoms.